The summed E-state index contributed by atoms with van der Waals surface area (Å²) in [5.74, 6) is -0.152. The average molecular weight is 222 g/mol. The molecule has 0 bridgehead atoms. The van der Waals surface area contributed by atoms with Crippen LogP contribution in [0.1, 0.15) is 28.7 Å². The first-order valence-corrected chi connectivity index (χ1v) is 5.44. The van der Waals surface area contributed by atoms with E-state index in [2.05, 4.69) is 10.3 Å². The van der Waals surface area contributed by atoms with Crippen LogP contribution in [0, 0.1) is 6.92 Å². The summed E-state index contributed by atoms with van der Waals surface area (Å²) in [4.78, 5) is 15.6. The molecule has 0 aliphatic heterocycles. The van der Waals surface area contributed by atoms with Crippen molar-refractivity contribution in [2.75, 3.05) is 20.3 Å². The standard InChI is InChI=1S/C12H18N2O2/c1-4-16-6-5-10-7-9(2)14-11(8-10)12(15)13-3/h7-8H,4-6H2,1-3H3,(H,13,15). The molecular formula is C12H18N2O2. The van der Waals surface area contributed by atoms with Crippen molar-refractivity contribution in [3.05, 3.63) is 29.1 Å². The molecule has 0 saturated heterocycles. The number of carbonyl (C=O) groups is 1. The summed E-state index contributed by atoms with van der Waals surface area (Å²) in [5, 5.41) is 2.57. The lowest BCUT2D eigenvalue weighted by Gasteiger charge is -2.06. The fraction of sp³-hybridized carbons (Fsp3) is 0.500. The van der Waals surface area contributed by atoms with Gasteiger partial charge in [0.2, 0.25) is 0 Å². The Bertz CT molecular complexity index is 364. The minimum absolute atomic E-state index is 0.152. The van der Waals surface area contributed by atoms with Crippen LogP contribution in [-0.4, -0.2) is 31.2 Å². The van der Waals surface area contributed by atoms with Gasteiger partial charge in [0.1, 0.15) is 5.69 Å². The number of rotatable bonds is 5. The van der Waals surface area contributed by atoms with Crippen molar-refractivity contribution in [2.45, 2.75) is 20.3 Å². The largest absolute Gasteiger partial charge is 0.381 e. The number of amides is 1. The Kier molecular flexibility index (Phi) is 4.92. The van der Waals surface area contributed by atoms with Gasteiger partial charge >= 0.3 is 0 Å². The Labute approximate surface area is 96.0 Å². The van der Waals surface area contributed by atoms with Gasteiger partial charge in [-0.1, -0.05) is 0 Å². The van der Waals surface area contributed by atoms with Gasteiger partial charge in [-0.25, -0.2) is 4.98 Å². The SMILES string of the molecule is CCOCCc1cc(C)nc(C(=O)NC)c1. The number of nitrogens with zero attached hydrogens (tertiary/aromatic N) is 1. The van der Waals surface area contributed by atoms with Crippen LogP contribution in [0.2, 0.25) is 0 Å². The molecule has 0 fully saturated rings. The van der Waals surface area contributed by atoms with Crippen LogP contribution in [0.25, 0.3) is 0 Å². The van der Waals surface area contributed by atoms with Crippen LogP contribution in [-0.2, 0) is 11.2 Å². The third-order valence-corrected chi connectivity index (χ3v) is 2.21. The third kappa shape index (κ3) is 3.62. The van der Waals surface area contributed by atoms with E-state index in [1.54, 1.807) is 7.05 Å². The van der Waals surface area contributed by atoms with Gasteiger partial charge in [-0.15, -0.1) is 0 Å². The van der Waals surface area contributed by atoms with E-state index >= 15 is 0 Å². The van der Waals surface area contributed by atoms with Crippen LogP contribution in [0.4, 0.5) is 0 Å². The van der Waals surface area contributed by atoms with Crippen LogP contribution in [0.3, 0.4) is 0 Å². The summed E-state index contributed by atoms with van der Waals surface area (Å²) >= 11 is 0. The van der Waals surface area contributed by atoms with E-state index in [0.717, 1.165) is 17.7 Å². The second kappa shape index (κ2) is 6.23. The highest BCUT2D eigenvalue weighted by Gasteiger charge is 2.07. The van der Waals surface area contributed by atoms with Crippen molar-refractivity contribution in [1.82, 2.24) is 10.3 Å². The molecule has 1 aromatic rings. The number of nitrogens with one attached hydrogen (secondary N) is 1. The topological polar surface area (TPSA) is 51.2 Å². The predicted octanol–water partition coefficient (Wildman–Crippen LogP) is 1.33. The van der Waals surface area contributed by atoms with Gasteiger partial charge in [0.15, 0.2) is 0 Å². The highest BCUT2D eigenvalue weighted by Crippen LogP contribution is 2.07. The molecule has 1 N–H and O–H groups in total. The third-order valence-electron chi connectivity index (χ3n) is 2.21. The van der Waals surface area contributed by atoms with Crippen LogP contribution in [0.15, 0.2) is 12.1 Å². The van der Waals surface area contributed by atoms with Crippen molar-refractivity contribution in [3.8, 4) is 0 Å². The first-order valence-electron chi connectivity index (χ1n) is 5.44. The molecule has 0 aliphatic carbocycles. The normalized spacial score (nSPS) is 10.2. The van der Waals surface area contributed by atoms with Gasteiger partial charge < -0.3 is 10.1 Å². The zero-order valence-corrected chi connectivity index (χ0v) is 10.0. The summed E-state index contributed by atoms with van der Waals surface area (Å²) < 4.78 is 5.28. The van der Waals surface area contributed by atoms with Gasteiger partial charge in [0.25, 0.3) is 5.91 Å². The number of aryl methyl sites for hydroxylation is 1. The molecule has 0 saturated carbocycles. The Morgan fingerprint density at radius 3 is 2.88 bits per heavy atom. The molecule has 0 radical (unpaired) electrons. The maximum absolute atomic E-state index is 11.4. The van der Waals surface area contributed by atoms with Gasteiger partial charge in [-0.3, -0.25) is 4.79 Å². The maximum atomic E-state index is 11.4. The molecule has 1 amide bonds. The summed E-state index contributed by atoms with van der Waals surface area (Å²) in [7, 11) is 1.60. The number of ether oxygens (including phenoxy) is 1. The average Bonchev–Trinajstić information content (AvgIpc) is 2.27. The number of hydrogen-bond donors (Lipinski definition) is 1. The molecule has 0 unspecified atom stereocenters. The molecule has 1 rings (SSSR count). The van der Waals surface area contributed by atoms with Crippen molar-refractivity contribution >= 4 is 5.91 Å². The van der Waals surface area contributed by atoms with E-state index in [1.165, 1.54) is 0 Å². The minimum Gasteiger partial charge on any atom is -0.381 e. The Balaban J connectivity index is 2.77. The molecular weight excluding hydrogens is 204 g/mol. The van der Waals surface area contributed by atoms with Crippen LogP contribution in [0.5, 0.6) is 0 Å². The summed E-state index contributed by atoms with van der Waals surface area (Å²) in [5.41, 5.74) is 2.40. The van der Waals surface area contributed by atoms with Crippen molar-refractivity contribution in [2.24, 2.45) is 0 Å². The summed E-state index contributed by atoms with van der Waals surface area (Å²) in [6.07, 6.45) is 0.807. The summed E-state index contributed by atoms with van der Waals surface area (Å²) in [6, 6.07) is 3.79. The molecule has 4 heteroatoms. The number of hydrogen-bond acceptors (Lipinski definition) is 3. The monoisotopic (exact) mass is 222 g/mol. The maximum Gasteiger partial charge on any atom is 0.269 e. The second-order valence-corrected chi connectivity index (χ2v) is 3.53. The van der Waals surface area contributed by atoms with Crippen molar-refractivity contribution in [3.63, 3.8) is 0 Å². The fourth-order valence-corrected chi connectivity index (χ4v) is 1.46. The zero-order chi connectivity index (χ0) is 12.0. The summed E-state index contributed by atoms with van der Waals surface area (Å²) in [6.45, 7) is 5.24. The lowest BCUT2D eigenvalue weighted by atomic mass is 10.1. The molecule has 0 aromatic carbocycles. The zero-order valence-electron chi connectivity index (χ0n) is 10.0. The van der Waals surface area contributed by atoms with Crippen LogP contribution < -0.4 is 5.32 Å². The highest BCUT2D eigenvalue weighted by molar-refractivity contribution is 5.92. The van der Waals surface area contributed by atoms with Gasteiger partial charge in [-0.2, -0.15) is 0 Å². The first-order chi connectivity index (χ1) is 7.67. The Hall–Kier alpha value is -1.42. The van der Waals surface area contributed by atoms with Crippen molar-refractivity contribution < 1.29 is 9.53 Å². The molecule has 16 heavy (non-hydrogen) atoms. The Morgan fingerprint density at radius 1 is 1.50 bits per heavy atom. The molecule has 88 valence electrons. The van der Waals surface area contributed by atoms with Gasteiger partial charge in [0.05, 0.1) is 6.61 Å². The molecule has 4 nitrogen and oxygen atoms in total. The van der Waals surface area contributed by atoms with E-state index in [1.807, 2.05) is 26.0 Å². The van der Waals surface area contributed by atoms with E-state index in [4.69, 9.17) is 4.74 Å². The minimum atomic E-state index is -0.152. The number of pyridine rings is 1. The molecule has 0 spiro atoms. The molecule has 1 heterocycles. The van der Waals surface area contributed by atoms with E-state index < -0.39 is 0 Å². The molecule has 0 atom stereocenters. The smallest absolute Gasteiger partial charge is 0.269 e. The number of aromatic nitrogens is 1. The van der Waals surface area contributed by atoms with Crippen molar-refractivity contribution in [1.29, 1.82) is 0 Å². The Morgan fingerprint density at radius 2 is 2.25 bits per heavy atom. The molecule has 0 aliphatic rings. The second-order valence-electron chi connectivity index (χ2n) is 3.53. The van der Waals surface area contributed by atoms with Gasteiger partial charge in [-0.05, 0) is 38.0 Å². The predicted molar refractivity (Wildman–Crippen MR) is 62.6 cm³/mol. The van der Waals surface area contributed by atoms with E-state index in [9.17, 15) is 4.79 Å². The molecule has 1 aromatic heterocycles. The lowest BCUT2D eigenvalue weighted by Crippen LogP contribution is -2.20. The van der Waals surface area contributed by atoms with E-state index in [-0.39, 0.29) is 5.91 Å². The van der Waals surface area contributed by atoms with E-state index in [0.29, 0.717) is 18.9 Å². The highest BCUT2D eigenvalue weighted by atomic mass is 16.5. The first kappa shape index (κ1) is 12.6. The van der Waals surface area contributed by atoms with Gasteiger partial charge in [0, 0.05) is 19.3 Å². The lowest BCUT2D eigenvalue weighted by molar-refractivity contribution is 0.0957. The van der Waals surface area contributed by atoms with Crippen LogP contribution >= 0.6 is 0 Å². The fourth-order valence-electron chi connectivity index (χ4n) is 1.46. The number of carbonyl (C=O) groups excluding carboxylic acids is 1. The quantitative estimate of drug-likeness (QED) is 0.765.